The van der Waals surface area contributed by atoms with Crippen LogP contribution in [0, 0.1) is 0 Å². The van der Waals surface area contributed by atoms with Gasteiger partial charge >= 0.3 is 0 Å². The lowest BCUT2D eigenvalue weighted by molar-refractivity contribution is 0.439. The highest BCUT2D eigenvalue weighted by Gasteiger charge is 2.11. The van der Waals surface area contributed by atoms with Crippen molar-refractivity contribution in [3.05, 3.63) is 53.0 Å². The molecule has 0 aliphatic heterocycles. The van der Waals surface area contributed by atoms with Gasteiger partial charge in [0.1, 0.15) is 5.69 Å². The van der Waals surface area contributed by atoms with E-state index in [4.69, 9.17) is 0 Å². The Balaban J connectivity index is 2.33. The zero-order chi connectivity index (χ0) is 13.0. The maximum atomic E-state index is 9.93. The van der Waals surface area contributed by atoms with Crippen molar-refractivity contribution < 1.29 is 5.11 Å². The fourth-order valence-electron chi connectivity index (χ4n) is 2.01. The lowest BCUT2D eigenvalue weighted by atomic mass is 10.1. The van der Waals surface area contributed by atoms with E-state index in [1.807, 2.05) is 37.3 Å². The molecule has 0 radical (unpaired) electrons. The van der Waals surface area contributed by atoms with Crippen LogP contribution in [0.25, 0.3) is 0 Å². The minimum atomic E-state index is 0.0629. The molecule has 0 amide bonds. The van der Waals surface area contributed by atoms with Gasteiger partial charge in [0.15, 0.2) is 0 Å². The standard InChI is InChI=1S/C15H18N2O/c1-3-12-13(4-2)17-15(18)14(16-12)10-11-8-6-5-7-9-11/h5-9H,3-4,10H2,1-2H3,(H,17,18). The predicted molar refractivity (Wildman–Crippen MR) is 71.7 cm³/mol. The smallest absolute Gasteiger partial charge is 0.233 e. The molecule has 2 rings (SSSR count). The lowest BCUT2D eigenvalue weighted by Gasteiger charge is -2.09. The van der Waals surface area contributed by atoms with Crippen LogP contribution in [0.2, 0.25) is 0 Å². The van der Waals surface area contributed by atoms with Crippen LogP contribution >= 0.6 is 0 Å². The molecule has 1 aromatic heterocycles. The molecule has 1 N–H and O–H groups in total. The van der Waals surface area contributed by atoms with Crippen molar-refractivity contribution in [2.24, 2.45) is 0 Å². The summed E-state index contributed by atoms with van der Waals surface area (Å²) < 4.78 is 0. The molecule has 3 nitrogen and oxygen atoms in total. The highest BCUT2D eigenvalue weighted by molar-refractivity contribution is 5.29. The van der Waals surface area contributed by atoms with Gasteiger partial charge in [-0.3, -0.25) is 0 Å². The molecule has 0 bridgehead atoms. The Morgan fingerprint density at radius 1 is 0.889 bits per heavy atom. The van der Waals surface area contributed by atoms with E-state index in [0.29, 0.717) is 12.1 Å². The van der Waals surface area contributed by atoms with E-state index in [1.165, 1.54) is 0 Å². The monoisotopic (exact) mass is 242 g/mol. The number of rotatable bonds is 4. The van der Waals surface area contributed by atoms with Crippen LogP contribution in [0.5, 0.6) is 5.88 Å². The van der Waals surface area contributed by atoms with Crippen LogP contribution in [-0.4, -0.2) is 15.1 Å². The molecule has 1 heterocycles. The van der Waals surface area contributed by atoms with E-state index in [-0.39, 0.29) is 5.88 Å². The summed E-state index contributed by atoms with van der Waals surface area (Å²) in [6.45, 7) is 4.09. The van der Waals surface area contributed by atoms with E-state index in [9.17, 15) is 5.11 Å². The van der Waals surface area contributed by atoms with Crippen LogP contribution in [0.15, 0.2) is 30.3 Å². The van der Waals surface area contributed by atoms with Gasteiger partial charge in [0, 0.05) is 6.42 Å². The molecular weight excluding hydrogens is 224 g/mol. The minimum Gasteiger partial charge on any atom is -0.492 e. The summed E-state index contributed by atoms with van der Waals surface area (Å²) in [4.78, 5) is 8.80. The third-order valence-corrected chi connectivity index (χ3v) is 2.99. The molecule has 0 saturated heterocycles. The van der Waals surface area contributed by atoms with Crippen molar-refractivity contribution in [1.82, 2.24) is 9.97 Å². The highest BCUT2D eigenvalue weighted by Crippen LogP contribution is 2.19. The quantitative estimate of drug-likeness (QED) is 0.896. The van der Waals surface area contributed by atoms with Gasteiger partial charge in [-0.25, -0.2) is 9.97 Å². The summed E-state index contributed by atoms with van der Waals surface area (Å²) in [5.41, 5.74) is 3.68. The Hall–Kier alpha value is -1.90. The normalized spacial score (nSPS) is 10.6. The summed E-state index contributed by atoms with van der Waals surface area (Å²) in [6, 6.07) is 10.0. The summed E-state index contributed by atoms with van der Waals surface area (Å²) >= 11 is 0. The van der Waals surface area contributed by atoms with Crippen molar-refractivity contribution in [1.29, 1.82) is 0 Å². The van der Waals surface area contributed by atoms with Crippen molar-refractivity contribution in [2.45, 2.75) is 33.1 Å². The third kappa shape index (κ3) is 2.67. The number of benzene rings is 1. The predicted octanol–water partition coefficient (Wildman–Crippen LogP) is 2.90. The van der Waals surface area contributed by atoms with E-state index in [0.717, 1.165) is 29.8 Å². The van der Waals surface area contributed by atoms with Gasteiger partial charge in [-0.05, 0) is 18.4 Å². The first-order valence-electron chi connectivity index (χ1n) is 6.36. The zero-order valence-corrected chi connectivity index (χ0v) is 10.8. The number of hydrogen-bond donors (Lipinski definition) is 1. The van der Waals surface area contributed by atoms with Crippen LogP contribution in [-0.2, 0) is 19.3 Å². The first-order valence-corrected chi connectivity index (χ1v) is 6.36. The van der Waals surface area contributed by atoms with E-state index < -0.39 is 0 Å². The lowest BCUT2D eigenvalue weighted by Crippen LogP contribution is -2.04. The minimum absolute atomic E-state index is 0.0629. The Kier molecular flexibility index (Phi) is 3.92. The Labute approximate surface area is 108 Å². The number of hydrogen-bond acceptors (Lipinski definition) is 3. The van der Waals surface area contributed by atoms with Crippen LogP contribution in [0.1, 0.15) is 36.5 Å². The first kappa shape index (κ1) is 12.6. The van der Waals surface area contributed by atoms with E-state index in [1.54, 1.807) is 0 Å². The van der Waals surface area contributed by atoms with E-state index in [2.05, 4.69) is 16.9 Å². The number of aryl methyl sites for hydroxylation is 2. The molecule has 0 fully saturated rings. The molecule has 3 heteroatoms. The summed E-state index contributed by atoms with van der Waals surface area (Å²) in [6.07, 6.45) is 2.27. The first-order chi connectivity index (χ1) is 8.74. The molecular formula is C15H18N2O. The largest absolute Gasteiger partial charge is 0.492 e. The Morgan fingerprint density at radius 2 is 1.50 bits per heavy atom. The van der Waals surface area contributed by atoms with E-state index >= 15 is 0 Å². The Bertz CT molecular complexity index is 524. The van der Waals surface area contributed by atoms with Gasteiger partial charge < -0.3 is 5.11 Å². The maximum Gasteiger partial charge on any atom is 0.233 e. The second-order valence-electron chi connectivity index (χ2n) is 4.26. The second-order valence-corrected chi connectivity index (χ2v) is 4.26. The molecule has 1 aromatic carbocycles. The second kappa shape index (κ2) is 5.63. The zero-order valence-electron chi connectivity index (χ0n) is 10.8. The molecule has 0 unspecified atom stereocenters. The van der Waals surface area contributed by atoms with Gasteiger partial charge in [-0.15, -0.1) is 0 Å². The Morgan fingerprint density at radius 3 is 2.11 bits per heavy atom. The highest BCUT2D eigenvalue weighted by atomic mass is 16.3. The molecule has 0 aliphatic rings. The van der Waals surface area contributed by atoms with Gasteiger partial charge in [0.2, 0.25) is 5.88 Å². The van der Waals surface area contributed by atoms with Crippen molar-refractivity contribution in [3.8, 4) is 5.88 Å². The fraction of sp³-hybridized carbons (Fsp3) is 0.333. The third-order valence-electron chi connectivity index (χ3n) is 2.99. The SMILES string of the molecule is CCc1nc(O)c(Cc2ccccc2)nc1CC. The van der Waals surface area contributed by atoms with Crippen LogP contribution in [0.3, 0.4) is 0 Å². The molecule has 2 aromatic rings. The molecule has 18 heavy (non-hydrogen) atoms. The van der Waals surface area contributed by atoms with Gasteiger partial charge in [0.25, 0.3) is 0 Å². The molecule has 0 saturated carbocycles. The van der Waals surface area contributed by atoms with Crippen molar-refractivity contribution >= 4 is 0 Å². The number of nitrogens with zero attached hydrogens (tertiary/aromatic N) is 2. The van der Waals surface area contributed by atoms with Gasteiger partial charge in [-0.2, -0.15) is 0 Å². The topological polar surface area (TPSA) is 46.0 Å². The average molecular weight is 242 g/mol. The van der Waals surface area contributed by atoms with Crippen LogP contribution in [0.4, 0.5) is 0 Å². The molecule has 0 aliphatic carbocycles. The summed E-state index contributed by atoms with van der Waals surface area (Å²) in [7, 11) is 0. The van der Waals surface area contributed by atoms with Crippen molar-refractivity contribution in [2.75, 3.05) is 0 Å². The fourth-order valence-corrected chi connectivity index (χ4v) is 2.01. The molecule has 0 spiro atoms. The summed E-state index contributed by atoms with van der Waals surface area (Å²) in [5, 5.41) is 9.93. The maximum absolute atomic E-state index is 9.93. The average Bonchev–Trinajstić information content (AvgIpc) is 2.41. The molecule has 0 atom stereocenters. The number of aromatic hydroxyl groups is 1. The van der Waals surface area contributed by atoms with Gasteiger partial charge in [0.05, 0.1) is 11.4 Å². The molecule has 94 valence electrons. The number of aromatic nitrogens is 2. The summed E-state index contributed by atoms with van der Waals surface area (Å²) in [5.74, 6) is 0.0629. The van der Waals surface area contributed by atoms with Crippen molar-refractivity contribution in [3.63, 3.8) is 0 Å². The van der Waals surface area contributed by atoms with Gasteiger partial charge in [-0.1, -0.05) is 44.2 Å². The van der Waals surface area contributed by atoms with Crippen LogP contribution < -0.4 is 0 Å².